The predicted octanol–water partition coefficient (Wildman–Crippen LogP) is 2.79. The molecule has 3 heteroatoms. The average Bonchev–Trinajstić information content (AvgIpc) is 2.36. The average molecular weight is 232 g/mol. The Kier molecular flexibility index (Phi) is 5.58. The molecule has 1 aromatic carbocycles. The third-order valence-corrected chi connectivity index (χ3v) is 1.93. The van der Waals surface area contributed by atoms with Gasteiger partial charge >= 0.3 is 5.97 Å². The number of carbonyl (C=O) groups is 1. The third kappa shape index (κ3) is 4.55. The summed E-state index contributed by atoms with van der Waals surface area (Å²) < 4.78 is 10.2. The maximum atomic E-state index is 11.6. The van der Waals surface area contributed by atoms with Gasteiger partial charge in [-0.25, -0.2) is 4.79 Å². The van der Waals surface area contributed by atoms with Gasteiger partial charge in [-0.2, -0.15) is 0 Å². The molecule has 0 saturated heterocycles. The van der Waals surface area contributed by atoms with Crippen molar-refractivity contribution in [2.45, 2.75) is 6.92 Å². The lowest BCUT2D eigenvalue weighted by molar-refractivity contribution is -0.142. The van der Waals surface area contributed by atoms with Gasteiger partial charge in [0, 0.05) is 0 Å². The van der Waals surface area contributed by atoms with Gasteiger partial charge in [0.25, 0.3) is 0 Å². The molecule has 3 nitrogen and oxygen atoms in total. The van der Waals surface area contributed by atoms with Crippen LogP contribution in [-0.2, 0) is 14.3 Å². The van der Waals surface area contributed by atoms with Crippen LogP contribution in [0.5, 0.6) is 0 Å². The van der Waals surface area contributed by atoms with Gasteiger partial charge in [-0.15, -0.1) is 0 Å². The number of hydrogen-bond acceptors (Lipinski definition) is 3. The molecule has 1 rings (SSSR count). The molecule has 0 aliphatic rings. The van der Waals surface area contributed by atoms with E-state index in [9.17, 15) is 4.79 Å². The van der Waals surface area contributed by atoms with Crippen molar-refractivity contribution < 1.29 is 14.3 Å². The van der Waals surface area contributed by atoms with Crippen LogP contribution in [0.15, 0.2) is 48.7 Å². The maximum Gasteiger partial charge on any atom is 0.373 e. The smallest absolute Gasteiger partial charge is 0.373 e. The standard InChI is InChI=1S/C14H16O3/c1-3-10-17-13(14(15)16-4-2)11-12-8-6-5-7-9-12/h3,5-9,11H,1,4,10H2,2H3. The Bertz CT molecular complexity index is 393. The number of hydrogen-bond donors (Lipinski definition) is 0. The van der Waals surface area contributed by atoms with E-state index in [0.29, 0.717) is 6.61 Å². The Balaban J connectivity index is 2.85. The molecule has 0 heterocycles. The fourth-order valence-electron chi connectivity index (χ4n) is 1.21. The van der Waals surface area contributed by atoms with Crippen LogP contribution < -0.4 is 0 Å². The number of ether oxygens (including phenoxy) is 2. The van der Waals surface area contributed by atoms with E-state index in [1.807, 2.05) is 30.3 Å². The summed E-state index contributed by atoms with van der Waals surface area (Å²) in [4.78, 5) is 11.6. The lowest BCUT2D eigenvalue weighted by Gasteiger charge is -2.07. The number of benzene rings is 1. The highest BCUT2D eigenvalue weighted by Gasteiger charge is 2.11. The van der Waals surface area contributed by atoms with E-state index >= 15 is 0 Å². The molecule has 0 fully saturated rings. The summed E-state index contributed by atoms with van der Waals surface area (Å²) in [5.74, 6) is -0.267. The molecule has 0 aliphatic heterocycles. The Morgan fingerprint density at radius 2 is 2.00 bits per heavy atom. The molecular weight excluding hydrogens is 216 g/mol. The summed E-state index contributed by atoms with van der Waals surface area (Å²) in [6, 6.07) is 9.46. The van der Waals surface area contributed by atoms with Crippen LogP contribution in [0.1, 0.15) is 12.5 Å². The molecule has 17 heavy (non-hydrogen) atoms. The molecular formula is C14H16O3. The van der Waals surface area contributed by atoms with E-state index in [2.05, 4.69) is 6.58 Å². The molecule has 0 spiro atoms. The van der Waals surface area contributed by atoms with Crippen LogP contribution in [0, 0.1) is 0 Å². The van der Waals surface area contributed by atoms with E-state index in [-0.39, 0.29) is 12.4 Å². The van der Waals surface area contributed by atoms with Gasteiger partial charge in [-0.3, -0.25) is 0 Å². The normalized spacial score (nSPS) is 10.8. The van der Waals surface area contributed by atoms with Crippen molar-refractivity contribution in [1.82, 2.24) is 0 Å². The Morgan fingerprint density at radius 1 is 1.29 bits per heavy atom. The summed E-state index contributed by atoms with van der Waals surface area (Å²) in [5, 5.41) is 0. The summed E-state index contributed by atoms with van der Waals surface area (Å²) in [6.07, 6.45) is 3.24. The van der Waals surface area contributed by atoms with E-state index < -0.39 is 5.97 Å². The minimum Gasteiger partial charge on any atom is -0.482 e. The number of carbonyl (C=O) groups excluding carboxylic acids is 1. The first-order valence-electron chi connectivity index (χ1n) is 5.45. The quantitative estimate of drug-likeness (QED) is 0.327. The summed E-state index contributed by atoms with van der Waals surface area (Å²) in [6.45, 7) is 5.89. The zero-order chi connectivity index (χ0) is 12.5. The molecule has 0 atom stereocenters. The van der Waals surface area contributed by atoms with Crippen LogP contribution in [0.25, 0.3) is 6.08 Å². The van der Waals surface area contributed by atoms with Gasteiger partial charge in [-0.05, 0) is 18.6 Å². The first-order valence-corrected chi connectivity index (χ1v) is 5.45. The molecule has 0 amide bonds. The Hall–Kier alpha value is -2.03. The Morgan fingerprint density at radius 3 is 2.59 bits per heavy atom. The first kappa shape index (κ1) is 13.0. The van der Waals surface area contributed by atoms with Gasteiger partial charge in [-0.1, -0.05) is 43.0 Å². The first-order chi connectivity index (χ1) is 8.27. The zero-order valence-corrected chi connectivity index (χ0v) is 9.89. The van der Waals surface area contributed by atoms with E-state index in [4.69, 9.17) is 9.47 Å². The monoisotopic (exact) mass is 232 g/mol. The summed E-state index contributed by atoms with van der Waals surface area (Å²) >= 11 is 0. The summed E-state index contributed by atoms with van der Waals surface area (Å²) in [5.41, 5.74) is 0.889. The maximum absolute atomic E-state index is 11.6. The number of rotatable bonds is 6. The molecule has 90 valence electrons. The topological polar surface area (TPSA) is 35.5 Å². The van der Waals surface area contributed by atoms with Crippen LogP contribution in [0.3, 0.4) is 0 Å². The fraction of sp³-hybridized carbons (Fsp3) is 0.214. The van der Waals surface area contributed by atoms with Crippen LogP contribution in [0.4, 0.5) is 0 Å². The predicted molar refractivity (Wildman–Crippen MR) is 67.2 cm³/mol. The van der Waals surface area contributed by atoms with Crippen molar-refractivity contribution >= 4 is 12.0 Å². The van der Waals surface area contributed by atoms with Crippen LogP contribution in [0.2, 0.25) is 0 Å². The third-order valence-electron chi connectivity index (χ3n) is 1.93. The van der Waals surface area contributed by atoms with Crippen molar-refractivity contribution in [2.24, 2.45) is 0 Å². The highest BCUT2D eigenvalue weighted by atomic mass is 16.6. The SMILES string of the molecule is C=CCOC(=Cc1ccccc1)C(=O)OCC. The molecule has 0 aliphatic carbocycles. The second-order valence-electron chi connectivity index (χ2n) is 3.24. The second kappa shape index (κ2) is 7.28. The molecule has 0 N–H and O–H groups in total. The van der Waals surface area contributed by atoms with Gasteiger partial charge in [0.15, 0.2) is 0 Å². The van der Waals surface area contributed by atoms with E-state index in [0.717, 1.165) is 5.56 Å². The largest absolute Gasteiger partial charge is 0.482 e. The zero-order valence-electron chi connectivity index (χ0n) is 9.89. The fourth-order valence-corrected chi connectivity index (χ4v) is 1.21. The molecule has 0 radical (unpaired) electrons. The van der Waals surface area contributed by atoms with Crippen LogP contribution >= 0.6 is 0 Å². The van der Waals surface area contributed by atoms with Crippen molar-refractivity contribution in [2.75, 3.05) is 13.2 Å². The van der Waals surface area contributed by atoms with E-state index in [1.165, 1.54) is 0 Å². The van der Waals surface area contributed by atoms with Crippen molar-refractivity contribution in [3.63, 3.8) is 0 Å². The second-order valence-corrected chi connectivity index (χ2v) is 3.24. The van der Waals surface area contributed by atoms with E-state index in [1.54, 1.807) is 19.1 Å². The molecule has 0 aromatic heterocycles. The lowest BCUT2D eigenvalue weighted by Crippen LogP contribution is -2.10. The molecule has 0 unspecified atom stereocenters. The van der Waals surface area contributed by atoms with Gasteiger partial charge in [0.05, 0.1) is 6.61 Å². The lowest BCUT2D eigenvalue weighted by atomic mass is 10.2. The highest BCUT2D eigenvalue weighted by Crippen LogP contribution is 2.09. The minimum absolute atomic E-state index is 0.193. The summed E-state index contributed by atoms with van der Waals surface area (Å²) in [7, 11) is 0. The van der Waals surface area contributed by atoms with Gasteiger partial charge in [0.2, 0.25) is 5.76 Å². The molecule has 0 saturated carbocycles. The van der Waals surface area contributed by atoms with Gasteiger partial charge < -0.3 is 9.47 Å². The minimum atomic E-state index is -0.460. The van der Waals surface area contributed by atoms with Crippen molar-refractivity contribution in [3.8, 4) is 0 Å². The van der Waals surface area contributed by atoms with Gasteiger partial charge in [0.1, 0.15) is 6.61 Å². The number of esters is 1. The molecule has 0 bridgehead atoms. The Labute approximate surface area is 101 Å². The highest BCUT2D eigenvalue weighted by molar-refractivity contribution is 5.91. The van der Waals surface area contributed by atoms with Crippen molar-refractivity contribution in [3.05, 3.63) is 54.3 Å². The molecule has 1 aromatic rings. The van der Waals surface area contributed by atoms with Crippen LogP contribution in [-0.4, -0.2) is 19.2 Å². The van der Waals surface area contributed by atoms with Crippen molar-refractivity contribution in [1.29, 1.82) is 0 Å².